The van der Waals surface area contributed by atoms with E-state index in [2.05, 4.69) is 27.4 Å². The summed E-state index contributed by atoms with van der Waals surface area (Å²) < 4.78 is 0. The Balaban J connectivity index is 2.34. The minimum Gasteiger partial charge on any atom is -0.303 e. The van der Waals surface area contributed by atoms with Gasteiger partial charge < -0.3 is 4.79 Å². The van der Waals surface area contributed by atoms with Crippen molar-refractivity contribution in [2.45, 2.75) is 59.3 Å². The summed E-state index contributed by atoms with van der Waals surface area (Å²) in [5.41, 5.74) is 2.08. The highest BCUT2D eigenvalue weighted by Crippen LogP contribution is 2.61. The van der Waals surface area contributed by atoms with Gasteiger partial charge in [0, 0.05) is 6.42 Å². The summed E-state index contributed by atoms with van der Waals surface area (Å²) in [5, 5.41) is 0. The molecule has 0 amide bonds. The molecular formula is C16H26O. The lowest BCUT2D eigenvalue weighted by Gasteiger charge is -2.57. The van der Waals surface area contributed by atoms with Crippen LogP contribution in [0.15, 0.2) is 12.2 Å². The van der Waals surface area contributed by atoms with Crippen molar-refractivity contribution >= 4 is 6.29 Å². The van der Waals surface area contributed by atoms with Crippen LogP contribution in [-0.4, -0.2) is 6.29 Å². The lowest BCUT2D eigenvalue weighted by atomic mass is 9.47. The van der Waals surface area contributed by atoms with Gasteiger partial charge in [-0.05, 0) is 48.3 Å². The predicted octanol–water partition coefficient (Wildman–Crippen LogP) is 4.37. The van der Waals surface area contributed by atoms with Crippen molar-refractivity contribution in [2.24, 2.45) is 22.7 Å². The Labute approximate surface area is 106 Å². The lowest BCUT2D eigenvalue weighted by molar-refractivity contribution is -0.112. The normalized spacial score (nSPS) is 40.8. The van der Waals surface area contributed by atoms with E-state index >= 15 is 0 Å². The summed E-state index contributed by atoms with van der Waals surface area (Å²) in [6, 6.07) is 0. The van der Waals surface area contributed by atoms with E-state index in [0.717, 1.165) is 18.6 Å². The molecule has 0 aromatic heterocycles. The molecule has 0 aromatic rings. The molecule has 1 heteroatoms. The summed E-state index contributed by atoms with van der Waals surface area (Å²) in [6.07, 6.45) is 8.11. The number of hydrogen-bond acceptors (Lipinski definition) is 1. The second kappa shape index (κ2) is 4.26. The lowest BCUT2D eigenvalue weighted by Crippen LogP contribution is -2.49. The number of hydrogen-bond donors (Lipinski definition) is 0. The standard InChI is InChI=1S/C16H26O/c1-12-6-7-14-15(2,3)9-5-10-16(14,4)13(12)8-11-17/h11,13-14H,1,5-10H2,2-4H3/t13-,14-,16+/m0/s1. The van der Waals surface area contributed by atoms with Gasteiger partial charge in [0.25, 0.3) is 0 Å². The number of rotatable bonds is 2. The van der Waals surface area contributed by atoms with Gasteiger partial charge in [-0.15, -0.1) is 0 Å². The van der Waals surface area contributed by atoms with E-state index in [4.69, 9.17) is 0 Å². The van der Waals surface area contributed by atoms with Crippen LogP contribution in [-0.2, 0) is 4.79 Å². The molecule has 2 aliphatic carbocycles. The van der Waals surface area contributed by atoms with Crippen LogP contribution in [0.4, 0.5) is 0 Å². The highest BCUT2D eigenvalue weighted by molar-refractivity contribution is 5.51. The first-order valence-electron chi connectivity index (χ1n) is 7.03. The largest absolute Gasteiger partial charge is 0.303 e. The van der Waals surface area contributed by atoms with Gasteiger partial charge in [-0.3, -0.25) is 0 Å². The van der Waals surface area contributed by atoms with Crippen molar-refractivity contribution in [1.29, 1.82) is 0 Å². The molecule has 0 saturated heterocycles. The third-order valence-corrected chi connectivity index (χ3v) is 5.65. The first kappa shape index (κ1) is 12.9. The molecular weight excluding hydrogens is 208 g/mol. The van der Waals surface area contributed by atoms with Crippen molar-refractivity contribution in [3.8, 4) is 0 Å². The van der Waals surface area contributed by atoms with Gasteiger partial charge >= 0.3 is 0 Å². The molecule has 2 aliphatic rings. The second-order valence-electron chi connectivity index (χ2n) is 7.05. The van der Waals surface area contributed by atoms with Crippen LogP contribution < -0.4 is 0 Å². The summed E-state index contributed by atoms with van der Waals surface area (Å²) in [5.74, 6) is 1.19. The molecule has 2 saturated carbocycles. The zero-order chi connectivity index (χ0) is 12.7. The van der Waals surface area contributed by atoms with Crippen LogP contribution in [0, 0.1) is 22.7 Å². The van der Waals surface area contributed by atoms with E-state index < -0.39 is 0 Å². The van der Waals surface area contributed by atoms with E-state index in [1.165, 1.54) is 31.3 Å². The second-order valence-corrected chi connectivity index (χ2v) is 7.05. The zero-order valence-corrected chi connectivity index (χ0v) is 11.6. The zero-order valence-electron chi connectivity index (χ0n) is 11.6. The maximum Gasteiger partial charge on any atom is 0.120 e. The minimum absolute atomic E-state index is 0.317. The molecule has 0 aromatic carbocycles. The van der Waals surface area contributed by atoms with E-state index in [0.29, 0.717) is 23.2 Å². The van der Waals surface area contributed by atoms with Crippen LogP contribution in [0.3, 0.4) is 0 Å². The molecule has 96 valence electrons. The molecule has 1 nitrogen and oxygen atoms in total. The molecule has 0 bridgehead atoms. The first-order chi connectivity index (χ1) is 7.92. The summed E-state index contributed by atoms with van der Waals surface area (Å²) in [4.78, 5) is 11.0. The Morgan fingerprint density at radius 3 is 2.71 bits per heavy atom. The van der Waals surface area contributed by atoms with E-state index in [9.17, 15) is 4.79 Å². The molecule has 0 unspecified atom stereocenters. The first-order valence-corrected chi connectivity index (χ1v) is 7.03. The molecule has 0 aliphatic heterocycles. The molecule has 17 heavy (non-hydrogen) atoms. The summed E-state index contributed by atoms with van der Waals surface area (Å²) in [6.45, 7) is 11.5. The highest BCUT2D eigenvalue weighted by atomic mass is 16.1. The number of aldehydes is 1. The molecule has 0 radical (unpaired) electrons. The fraction of sp³-hybridized carbons (Fsp3) is 0.812. The molecule has 0 spiro atoms. The maximum atomic E-state index is 11.0. The Morgan fingerprint density at radius 1 is 1.35 bits per heavy atom. The Kier molecular flexibility index (Phi) is 3.22. The Bertz CT molecular complexity index is 328. The van der Waals surface area contributed by atoms with Crippen molar-refractivity contribution in [1.82, 2.24) is 0 Å². The van der Waals surface area contributed by atoms with Crippen molar-refractivity contribution < 1.29 is 4.79 Å². The fourth-order valence-corrected chi connectivity index (χ4v) is 4.81. The number of carbonyl (C=O) groups is 1. The Morgan fingerprint density at radius 2 is 2.06 bits per heavy atom. The SMILES string of the molecule is C=C1CC[C@H]2C(C)(C)CCC[C@]2(C)[C@H]1CC=O. The van der Waals surface area contributed by atoms with Gasteiger partial charge in [-0.25, -0.2) is 0 Å². The molecule has 2 fully saturated rings. The minimum atomic E-state index is 0.317. The smallest absolute Gasteiger partial charge is 0.120 e. The fourth-order valence-electron chi connectivity index (χ4n) is 4.81. The molecule has 0 heterocycles. The van der Waals surface area contributed by atoms with Crippen LogP contribution in [0.5, 0.6) is 0 Å². The number of carbonyl (C=O) groups excluding carboxylic acids is 1. The molecule has 0 N–H and O–H groups in total. The van der Waals surface area contributed by atoms with Gasteiger partial charge in [-0.1, -0.05) is 39.3 Å². The van der Waals surface area contributed by atoms with Gasteiger partial charge in [0.1, 0.15) is 6.29 Å². The van der Waals surface area contributed by atoms with E-state index in [-0.39, 0.29) is 0 Å². The topological polar surface area (TPSA) is 17.1 Å². The van der Waals surface area contributed by atoms with Gasteiger partial charge in [-0.2, -0.15) is 0 Å². The van der Waals surface area contributed by atoms with Crippen LogP contribution in [0.1, 0.15) is 59.3 Å². The molecule has 2 rings (SSSR count). The van der Waals surface area contributed by atoms with Crippen molar-refractivity contribution in [3.05, 3.63) is 12.2 Å². The molecule has 3 atom stereocenters. The summed E-state index contributed by atoms with van der Waals surface area (Å²) >= 11 is 0. The van der Waals surface area contributed by atoms with Crippen LogP contribution in [0.25, 0.3) is 0 Å². The van der Waals surface area contributed by atoms with Gasteiger partial charge in [0.05, 0.1) is 0 Å². The average molecular weight is 234 g/mol. The van der Waals surface area contributed by atoms with E-state index in [1.54, 1.807) is 0 Å². The van der Waals surface area contributed by atoms with Gasteiger partial charge in [0.15, 0.2) is 0 Å². The maximum absolute atomic E-state index is 11.0. The summed E-state index contributed by atoms with van der Waals surface area (Å²) in [7, 11) is 0. The van der Waals surface area contributed by atoms with Crippen LogP contribution in [0.2, 0.25) is 0 Å². The highest BCUT2D eigenvalue weighted by Gasteiger charge is 2.52. The number of allylic oxidation sites excluding steroid dienone is 1. The third-order valence-electron chi connectivity index (χ3n) is 5.65. The van der Waals surface area contributed by atoms with Crippen molar-refractivity contribution in [3.63, 3.8) is 0 Å². The quantitative estimate of drug-likeness (QED) is 0.512. The van der Waals surface area contributed by atoms with Gasteiger partial charge in [0.2, 0.25) is 0 Å². The number of fused-ring (bicyclic) bond motifs is 1. The van der Waals surface area contributed by atoms with E-state index in [1.807, 2.05) is 0 Å². The Hall–Kier alpha value is -0.590. The predicted molar refractivity (Wildman–Crippen MR) is 71.8 cm³/mol. The monoisotopic (exact) mass is 234 g/mol. The average Bonchev–Trinajstić information content (AvgIpc) is 2.22. The third kappa shape index (κ3) is 1.98. The van der Waals surface area contributed by atoms with Crippen LogP contribution >= 0.6 is 0 Å². The van der Waals surface area contributed by atoms with Crippen molar-refractivity contribution in [2.75, 3.05) is 0 Å².